The molecule has 60 valence electrons. The molecule has 0 aliphatic rings. The Balaban J connectivity index is 2.51. The van der Waals surface area contributed by atoms with Crippen LogP contribution in [-0.2, 0) is 5.32 Å². The van der Waals surface area contributed by atoms with Crippen LogP contribution in [-0.4, -0.2) is 13.9 Å². The minimum absolute atomic E-state index is 0.285. The summed E-state index contributed by atoms with van der Waals surface area (Å²) in [5.41, 5.74) is 1.52. The van der Waals surface area contributed by atoms with Gasteiger partial charge in [0.25, 0.3) is 0 Å². The average molecular weight is 214 g/mol. The molecule has 0 bridgehead atoms. The van der Waals surface area contributed by atoms with E-state index in [1.807, 2.05) is 0 Å². The Morgan fingerprint density at radius 2 is 1.82 bits per heavy atom. The van der Waals surface area contributed by atoms with Crippen LogP contribution in [0, 0.1) is 0 Å². The fourth-order valence-electron chi connectivity index (χ4n) is 0.961. The summed E-state index contributed by atoms with van der Waals surface area (Å²) in [5.74, 6) is 2.42. The van der Waals surface area contributed by atoms with Gasteiger partial charge in [-0.1, -0.05) is 0 Å². The van der Waals surface area contributed by atoms with E-state index in [0.29, 0.717) is 0 Å². The molecule has 0 radical (unpaired) electrons. The number of rotatable bonds is 3. The molecule has 1 aromatic carbocycles. The van der Waals surface area contributed by atoms with Crippen LogP contribution in [0.25, 0.3) is 0 Å². The number of hydrogen-bond acceptors (Lipinski definition) is 0. The summed E-state index contributed by atoms with van der Waals surface area (Å²) < 4.78 is 0. The van der Waals surface area contributed by atoms with Crippen LogP contribution in [0.3, 0.4) is 0 Å². The first-order chi connectivity index (χ1) is 5.33. The van der Waals surface area contributed by atoms with Gasteiger partial charge in [-0.3, -0.25) is 0 Å². The Hall–Kier alpha value is -0.261. The van der Waals surface area contributed by atoms with Crippen LogP contribution in [0.1, 0.15) is 12.5 Å². The van der Waals surface area contributed by atoms with Gasteiger partial charge in [0.1, 0.15) is 0 Å². The summed E-state index contributed by atoms with van der Waals surface area (Å²) in [6.07, 6.45) is 0. The fraction of sp³-hybridized carbons (Fsp3) is 0.400. The molecule has 11 heavy (non-hydrogen) atoms. The monoisotopic (exact) mass is 215 g/mol. The third-order valence-electron chi connectivity index (χ3n) is 1.75. The third kappa shape index (κ3) is 3.09. The average Bonchev–Trinajstić information content (AvgIpc) is 2.06. The Morgan fingerprint density at radius 1 is 1.18 bits per heavy atom. The molecule has 1 atom stereocenters. The molecule has 0 heterocycles. The van der Waals surface area contributed by atoms with Gasteiger partial charge in [-0.2, -0.15) is 0 Å². The summed E-state index contributed by atoms with van der Waals surface area (Å²) in [6.45, 7) is 2.30. The van der Waals surface area contributed by atoms with Crippen molar-refractivity contribution in [2.75, 3.05) is 0 Å². The Kier molecular flexibility index (Phi) is 3.68. The van der Waals surface area contributed by atoms with E-state index in [4.69, 9.17) is 0 Å². The van der Waals surface area contributed by atoms with E-state index in [1.54, 1.807) is 0 Å². The topological polar surface area (TPSA) is 0 Å². The number of benzene rings is 1. The maximum absolute atomic E-state index is 2.42. The molecule has 0 saturated carbocycles. The molecule has 0 aliphatic carbocycles. The van der Waals surface area contributed by atoms with Gasteiger partial charge in [0.15, 0.2) is 0 Å². The zero-order chi connectivity index (χ0) is 8.10. The van der Waals surface area contributed by atoms with Crippen molar-refractivity contribution in [2.24, 2.45) is 0 Å². The summed E-state index contributed by atoms with van der Waals surface area (Å²) in [5, 5.41) is 2.74. The fourth-order valence-corrected chi connectivity index (χ4v) is 2.99. The van der Waals surface area contributed by atoms with E-state index >= 15 is 0 Å². The van der Waals surface area contributed by atoms with E-state index < -0.39 is 0 Å². The van der Waals surface area contributed by atoms with E-state index in [2.05, 4.69) is 43.1 Å². The summed E-state index contributed by atoms with van der Waals surface area (Å²) in [4.78, 5) is 0. The minimum atomic E-state index is -0.285. The third-order valence-corrected chi connectivity index (χ3v) is 5.55. The molecule has 1 rings (SSSR count). The normalized spacial score (nSPS) is 12.9. The first kappa shape index (κ1) is 8.83. The van der Waals surface area contributed by atoms with Crippen LogP contribution in [0.4, 0.5) is 0 Å². The van der Waals surface area contributed by atoms with Crippen LogP contribution in [0.2, 0.25) is 11.1 Å². The molecule has 1 heteroatoms. The molecule has 1 unspecified atom stereocenters. The van der Waals surface area contributed by atoms with Gasteiger partial charge in [0.05, 0.1) is 0 Å². The molecule has 0 aromatic heterocycles. The van der Waals surface area contributed by atoms with Crippen LogP contribution >= 0.6 is 0 Å². The second-order valence-electron chi connectivity index (χ2n) is 2.70. The van der Waals surface area contributed by atoms with Gasteiger partial charge in [-0.15, -0.1) is 0 Å². The van der Waals surface area contributed by atoms with Crippen molar-refractivity contribution < 1.29 is 0 Å². The summed E-state index contributed by atoms with van der Waals surface area (Å²) >= 11 is -0.285. The van der Waals surface area contributed by atoms with Gasteiger partial charge >= 0.3 is 73.2 Å². The standard InChI is InChI=1S/C10H15Se/c1-3-11(2)9-10-7-5-4-6-8-10/h4-8H,3,9H2,1-2H3/q+1. The zero-order valence-corrected chi connectivity index (χ0v) is 8.92. The van der Waals surface area contributed by atoms with Gasteiger partial charge in [-0.05, 0) is 0 Å². The van der Waals surface area contributed by atoms with Crippen molar-refractivity contribution in [3.63, 3.8) is 0 Å². The van der Waals surface area contributed by atoms with Gasteiger partial charge in [0, 0.05) is 0 Å². The van der Waals surface area contributed by atoms with E-state index in [0.717, 1.165) is 0 Å². The van der Waals surface area contributed by atoms with E-state index in [-0.39, 0.29) is 13.9 Å². The Labute approximate surface area is 73.5 Å². The molecule has 0 amide bonds. The summed E-state index contributed by atoms with van der Waals surface area (Å²) in [7, 11) is 0. The van der Waals surface area contributed by atoms with Crippen LogP contribution < -0.4 is 0 Å². The zero-order valence-electron chi connectivity index (χ0n) is 7.21. The molecular weight excluding hydrogens is 199 g/mol. The maximum atomic E-state index is 2.42. The van der Waals surface area contributed by atoms with Crippen LogP contribution in [0.15, 0.2) is 30.3 Å². The molecule has 0 N–H and O–H groups in total. The van der Waals surface area contributed by atoms with Crippen molar-refractivity contribution in [3.05, 3.63) is 35.9 Å². The second-order valence-corrected chi connectivity index (χ2v) is 7.80. The predicted molar refractivity (Wildman–Crippen MR) is 52.2 cm³/mol. The molecule has 0 spiro atoms. The first-order valence-corrected chi connectivity index (χ1v) is 8.09. The van der Waals surface area contributed by atoms with Crippen molar-refractivity contribution in [1.29, 1.82) is 0 Å². The van der Waals surface area contributed by atoms with Crippen molar-refractivity contribution in [3.8, 4) is 0 Å². The molecule has 0 saturated heterocycles. The predicted octanol–water partition coefficient (Wildman–Crippen LogP) is 2.91. The van der Waals surface area contributed by atoms with Crippen LogP contribution in [0.5, 0.6) is 0 Å². The molecule has 0 nitrogen and oxygen atoms in total. The molecular formula is C10H15Se+. The first-order valence-electron chi connectivity index (χ1n) is 3.96. The van der Waals surface area contributed by atoms with Gasteiger partial charge in [-0.25, -0.2) is 0 Å². The van der Waals surface area contributed by atoms with Crippen molar-refractivity contribution in [1.82, 2.24) is 0 Å². The SMILES string of the molecule is CC[Se+](C)Cc1ccccc1. The van der Waals surface area contributed by atoms with E-state index in [9.17, 15) is 0 Å². The number of hydrogen-bond donors (Lipinski definition) is 0. The van der Waals surface area contributed by atoms with Gasteiger partial charge in [0.2, 0.25) is 0 Å². The second kappa shape index (κ2) is 4.58. The van der Waals surface area contributed by atoms with Gasteiger partial charge < -0.3 is 0 Å². The molecule has 0 aliphatic heterocycles. The van der Waals surface area contributed by atoms with E-state index in [1.165, 1.54) is 16.2 Å². The molecule has 0 fully saturated rings. The quantitative estimate of drug-likeness (QED) is 0.678. The summed E-state index contributed by atoms with van der Waals surface area (Å²) in [6, 6.07) is 10.8. The Bertz CT molecular complexity index is 193. The van der Waals surface area contributed by atoms with Crippen molar-refractivity contribution in [2.45, 2.75) is 23.4 Å². The Morgan fingerprint density at radius 3 is 2.36 bits per heavy atom. The molecule has 1 aromatic rings. The van der Waals surface area contributed by atoms with Crippen molar-refractivity contribution >= 4 is 13.9 Å².